The van der Waals surface area contributed by atoms with Crippen molar-refractivity contribution in [2.45, 2.75) is 44.7 Å². The van der Waals surface area contributed by atoms with Crippen molar-refractivity contribution in [1.82, 2.24) is 9.55 Å². The molecule has 1 heterocycles. The lowest BCUT2D eigenvalue weighted by molar-refractivity contribution is 0.0697. The minimum absolute atomic E-state index is 0.269. The number of hydrogen-bond donors (Lipinski definition) is 2. The molecule has 2 N–H and O–H groups in total. The van der Waals surface area contributed by atoms with Gasteiger partial charge in [0.2, 0.25) is 0 Å². The van der Waals surface area contributed by atoms with Crippen LogP contribution in [0, 0.1) is 0 Å². The van der Waals surface area contributed by atoms with Gasteiger partial charge in [0.1, 0.15) is 5.82 Å². The molecule has 0 amide bonds. The number of imidazole rings is 1. The first-order chi connectivity index (χ1) is 16.1. The van der Waals surface area contributed by atoms with Gasteiger partial charge in [-0.1, -0.05) is 55.1 Å². The number of nitrogens with zero attached hydrogens (tertiary/aromatic N) is 2. The predicted octanol–water partition coefficient (Wildman–Crippen LogP) is 7.17. The summed E-state index contributed by atoms with van der Waals surface area (Å²) in [5.74, 6) is -0.0140. The van der Waals surface area contributed by atoms with Gasteiger partial charge in [-0.2, -0.15) is 0 Å². The van der Waals surface area contributed by atoms with Crippen LogP contribution in [0.2, 0.25) is 5.02 Å². The Morgan fingerprint density at radius 1 is 1.00 bits per heavy atom. The second-order valence-corrected chi connectivity index (χ2v) is 9.10. The van der Waals surface area contributed by atoms with Gasteiger partial charge < -0.3 is 15.0 Å². The molecule has 1 aliphatic rings. The van der Waals surface area contributed by atoms with Crippen LogP contribution in [0.25, 0.3) is 22.4 Å². The third-order valence-corrected chi connectivity index (χ3v) is 6.68. The van der Waals surface area contributed by atoms with Crippen LogP contribution in [0.5, 0.6) is 0 Å². The maximum atomic E-state index is 11.5. The molecule has 0 atom stereocenters. The van der Waals surface area contributed by atoms with E-state index < -0.39 is 5.97 Å². The number of carbonyl (C=O) groups is 1. The quantitative estimate of drug-likeness (QED) is 0.320. The third-order valence-electron chi connectivity index (χ3n) is 6.43. The van der Waals surface area contributed by atoms with Gasteiger partial charge in [0.05, 0.1) is 16.6 Å². The van der Waals surface area contributed by atoms with Crippen LogP contribution >= 0.6 is 11.6 Å². The summed E-state index contributed by atoms with van der Waals surface area (Å²) < 4.78 is 2.33. The van der Waals surface area contributed by atoms with Gasteiger partial charge >= 0.3 is 5.97 Å². The highest BCUT2D eigenvalue weighted by atomic mass is 35.5. The molecular formula is C27H26ClN3O2. The molecule has 0 radical (unpaired) electrons. The van der Waals surface area contributed by atoms with E-state index in [0.717, 1.165) is 46.0 Å². The Morgan fingerprint density at radius 3 is 2.42 bits per heavy atom. The topological polar surface area (TPSA) is 67.2 Å². The fraction of sp³-hybridized carbons (Fsp3) is 0.259. The first-order valence-corrected chi connectivity index (χ1v) is 11.8. The molecule has 1 aliphatic carbocycles. The molecule has 6 heteroatoms. The summed E-state index contributed by atoms with van der Waals surface area (Å²) in [6.45, 7) is 0.711. The standard InChI is InChI=1S/C27H26ClN3O2/c28-21-11-13-22(14-12-21)29-17-18-6-8-19(9-7-18)26-30-24-16-20(27(32)33)10-15-25(24)31(26)23-4-2-1-3-5-23/h6-16,23,29H,1-5,17H2,(H,32,33). The smallest absolute Gasteiger partial charge is 0.335 e. The summed E-state index contributed by atoms with van der Waals surface area (Å²) in [5, 5.41) is 13.6. The summed E-state index contributed by atoms with van der Waals surface area (Å²) in [5.41, 5.74) is 5.26. The Bertz CT molecular complexity index is 1270. The minimum atomic E-state index is -0.928. The Morgan fingerprint density at radius 2 is 1.73 bits per heavy atom. The van der Waals surface area contributed by atoms with Crippen LogP contribution < -0.4 is 5.32 Å². The SMILES string of the molecule is O=C(O)c1ccc2c(c1)nc(-c1ccc(CNc3ccc(Cl)cc3)cc1)n2C1CCCCC1. The van der Waals surface area contributed by atoms with Crippen molar-refractivity contribution in [2.75, 3.05) is 5.32 Å². The van der Waals surface area contributed by atoms with Crippen molar-refractivity contribution in [2.24, 2.45) is 0 Å². The molecule has 1 fully saturated rings. The number of nitrogens with one attached hydrogen (secondary N) is 1. The summed E-state index contributed by atoms with van der Waals surface area (Å²) >= 11 is 5.96. The molecular weight excluding hydrogens is 434 g/mol. The number of benzene rings is 3. The first-order valence-electron chi connectivity index (χ1n) is 11.4. The molecule has 0 spiro atoms. The van der Waals surface area contributed by atoms with Gasteiger partial charge in [0.15, 0.2) is 0 Å². The Labute approximate surface area is 198 Å². The minimum Gasteiger partial charge on any atom is -0.478 e. The fourth-order valence-electron chi connectivity index (χ4n) is 4.69. The van der Waals surface area contributed by atoms with E-state index in [9.17, 15) is 9.90 Å². The summed E-state index contributed by atoms with van der Waals surface area (Å²) in [6, 6.07) is 21.8. The molecule has 1 saturated carbocycles. The van der Waals surface area contributed by atoms with E-state index in [4.69, 9.17) is 16.6 Å². The van der Waals surface area contributed by atoms with Crippen LogP contribution in [0.15, 0.2) is 66.7 Å². The predicted molar refractivity (Wildman–Crippen MR) is 133 cm³/mol. The summed E-state index contributed by atoms with van der Waals surface area (Å²) in [4.78, 5) is 16.4. The number of halogens is 1. The molecule has 0 saturated heterocycles. The van der Waals surface area contributed by atoms with Crippen molar-refractivity contribution in [3.05, 3.63) is 82.9 Å². The molecule has 0 unspecified atom stereocenters. The summed E-state index contributed by atoms with van der Waals surface area (Å²) in [6.07, 6.45) is 5.96. The van der Waals surface area contributed by atoms with E-state index in [0.29, 0.717) is 12.6 Å². The monoisotopic (exact) mass is 459 g/mol. The van der Waals surface area contributed by atoms with Gasteiger partial charge in [-0.05, 0) is 60.9 Å². The van der Waals surface area contributed by atoms with Crippen molar-refractivity contribution in [3.63, 3.8) is 0 Å². The number of carboxylic acids is 1. The van der Waals surface area contributed by atoms with E-state index in [-0.39, 0.29) is 5.56 Å². The maximum absolute atomic E-state index is 11.5. The molecule has 5 rings (SSSR count). The largest absolute Gasteiger partial charge is 0.478 e. The van der Waals surface area contributed by atoms with E-state index in [1.165, 1.54) is 24.8 Å². The van der Waals surface area contributed by atoms with E-state index in [1.54, 1.807) is 12.1 Å². The number of aromatic nitrogens is 2. The number of anilines is 1. The zero-order valence-electron chi connectivity index (χ0n) is 18.3. The second-order valence-electron chi connectivity index (χ2n) is 8.66. The average Bonchev–Trinajstić information content (AvgIpc) is 3.23. The van der Waals surface area contributed by atoms with E-state index in [2.05, 4.69) is 34.1 Å². The van der Waals surface area contributed by atoms with Gasteiger partial charge in [-0.25, -0.2) is 9.78 Å². The van der Waals surface area contributed by atoms with E-state index in [1.807, 2.05) is 30.3 Å². The second kappa shape index (κ2) is 9.28. The molecule has 4 aromatic rings. The third kappa shape index (κ3) is 4.60. The lowest BCUT2D eigenvalue weighted by Crippen LogP contribution is -2.14. The normalized spacial score (nSPS) is 14.5. The van der Waals surface area contributed by atoms with Gasteiger partial charge in [0, 0.05) is 28.9 Å². The number of rotatable bonds is 6. The lowest BCUT2D eigenvalue weighted by Gasteiger charge is -2.25. The van der Waals surface area contributed by atoms with Crippen molar-refractivity contribution in [1.29, 1.82) is 0 Å². The van der Waals surface area contributed by atoms with Crippen LogP contribution in [-0.2, 0) is 6.54 Å². The molecule has 0 aliphatic heterocycles. The van der Waals surface area contributed by atoms with Crippen LogP contribution in [-0.4, -0.2) is 20.6 Å². The highest BCUT2D eigenvalue weighted by Crippen LogP contribution is 2.36. The first kappa shape index (κ1) is 21.5. The lowest BCUT2D eigenvalue weighted by atomic mass is 9.94. The molecule has 3 aromatic carbocycles. The molecule has 0 bridgehead atoms. The maximum Gasteiger partial charge on any atom is 0.335 e. The van der Waals surface area contributed by atoms with Gasteiger partial charge in [-0.3, -0.25) is 0 Å². The highest BCUT2D eigenvalue weighted by Gasteiger charge is 2.23. The highest BCUT2D eigenvalue weighted by molar-refractivity contribution is 6.30. The number of carboxylic acid groups (broad SMARTS) is 1. The van der Waals surface area contributed by atoms with Crippen LogP contribution in [0.3, 0.4) is 0 Å². The number of aromatic carboxylic acids is 1. The molecule has 1 aromatic heterocycles. The van der Waals surface area contributed by atoms with Crippen molar-refractivity contribution >= 4 is 34.3 Å². The average molecular weight is 460 g/mol. The molecule has 33 heavy (non-hydrogen) atoms. The Hall–Kier alpha value is -3.31. The Kier molecular flexibility index (Phi) is 6.05. The van der Waals surface area contributed by atoms with Crippen LogP contribution in [0.1, 0.15) is 54.1 Å². The van der Waals surface area contributed by atoms with E-state index >= 15 is 0 Å². The zero-order chi connectivity index (χ0) is 22.8. The fourth-order valence-corrected chi connectivity index (χ4v) is 4.81. The summed E-state index contributed by atoms with van der Waals surface area (Å²) in [7, 11) is 0. The van der Waals surface area contributed by atoms with Gasteiger partial charge in [0.25, 0.3) is 0 Å². The zero-order valence-corrected chi connectivity index (χ0v) is 19.1. The molecule has 168 valence electrons. The Balaban J connectivity index is 1.46. The number of hydrogen-bond acceptors (Lipinski definition) is 3. The van der Waals surface area contributed by atoms with Crippen molar-refractivity contribution in [3.8, 4) is 11.4 Å². The van der Waals surface area contributed by atoms with Gasteiger partial charge in [-0.15, -0.1) is 0 Å². The number of fused-ring (bicyclic) bond motifs is 1. The van der Waals surface area contributed by atoms with Crippen LogP contribution in [0.4, 0.5) is 5.69 Å². The molecule has 5 nitrogen and oxygen atoms in total. The van der Waals surface area contributed by atoms with Crippen molar-refractivity contribution < 1.29 is 9.90 Å².